The minimum atomic E-state index is -3.89. The Labute approximate surface area is 146 Å². The molecular weight excluding hydrogens is 341 g/mol. The molecule has 3 aromatic rings. The van der Waals surface area contributed by atoms with E-state index >= 15 is 0 Å². The minimum Gasteiger partial charge on any atom is -0.279 e. The van der Waals surface area contributed by atoms with E-state index in [4.69, 9.17) is 0 Å². The van der Waals surface area contributed by atoms with E-state index in [0.717, 1.165) is 5.69 Å². The maximum atomic E-state index is 13.7. The van der Waals surface area contributed by atoms with Crippen molar-refractivity contribution in [1.29, 1.82) is 0 Å². The summed E-state index contributed by atoms with van der Waals surface area (Å²) in [5, 5.41) is 4.34. The number of anilines is 1. The largest absolute Gasteiger partial charge is 0.279 e. The molecule has 0 bridgehead atoms. The van der Waals surface area contributed by atoms with Crippen LogP contribution in [-0.4, -0.2) is 18.2 Å². The monoisotopic (exact) mass is 359 g/mol. The van der Waals surface area contributed by atoms with E-state index in [1.165, 1.54) is 18.2 Å². The zero-order valence-electron chi connectivity index (χ0n) is 14.1. The molecule has 1 N–H and O–H groups in total. The van der Waals surface area contributed by atoms with Gasteiger partial charge in [-0.3, -0.25) is 4.72 Å². The molecule has 0 aliphatic carbocycles. The molecule has 1 aromatic heterocycles. The van der Waals surface area contributed by atoms with Crippen molar-refractivity contribution in [2.45, 2.75) is 25.7 Å². The molecule has 25 heavy (non-hydrogen) atoms. The summed E-state index contributed by atoms with van der Waals surface area (Å²) in [6.45, 7) is 4.94. The summed E-state index contributed by atoms with van der Waals surface area (Å²) in [5.41, 5.74) is 2.26. The summed E-state index contributed by atoms with van der Waals surface area (Å²) in [5.74, 6) is -0.464. The van der Waals surface area contributed by atoms with Crippen LogP contribution in [0.4, 0.5) is 10.1 Å². The number of sulfonamides is 1. The lowest BCUT2D eigenvalue weighted by atomic mass is 10.2. The molecule has 0 fully saturated rings. The Morgan fingerprint density at radius 1 is 1.04 bits per heavy atom. The maximum Gasteiger partial charge on any atom is 0.265 e. The molecular formula is C18H18FN3O2S. The molecule has 0 radical (unpaired) electrons. The first-order chi connectivity index (χ1) is 11.8. The van der Waals surface area contributed by atoms with Crippen molar-refractivity contribution in [2.24, 2.45) is 0 Å². The highest BCUT2D eigenvalue weighted by Crippen LogP contribution is 2.25. The van der Waals surface area contributed by atoms with E-state index < -0.39 is 15.8 Å². The van der Waals surface area contributed by atoms with E-state index in [0.29, 0.717) is 17.0 Å². The SMILES string of the molecule is Cc1ccc(NS(=O)(=O)c2c(C)nn(-c3ccccc3)c2C)cc1F. The number of nitrogens with zero attached hydrogens (tertiary/aromatic N) is 2. The van der Waals surface area contributed by atoms with E-state index in [1.807, 2.05) is 30.3 Å². The topological polar surface area (TPSA) is 64.0 Å². The number of rotatable bonds is 4. The Morgan fingerprint density at radius 2 is 1.72 bits per heavy atom. The fraction of sp³-hybridized carbons (Fsp3) is 0.167. The Kier molecular flexibility index (Phi) is 4.34. The summed E-state index contributed by atoms with van der Waals surface area (Å²) >= 11 is 0. The third kappa shape index (κ3) is 3.28. The van der Waals surface area contributed by atoms with Gasteiger partial charge in [-0.2, -0.15) is 5.10 Å². The van der Waals surface area contributed by atoms with Gasteiger partial charge < -0.3 is 0 Å². The van der Waals surface area contributed by atoms with Gasteiger partial charge in [-0.25, -0.2) is 17.5 Å². The maximum absolute atomic E-state index is 13.7. The number of halogens is 1. The number of nitrogens with one attached hydrogen (secondary N) is 1. The van der Waals surface area contributed by atoms with Gasteiger partial charge in [-0.1, -0.05) is 24.3 Å². The fourth-order valence-corrected chi connectivity index (χ4v) is 4.14. The molecule has 0 saturated heterocycles. The van der Waals surface area contributed by atoms with Crippen LogP contribution in [0.3, 0.4) is 0 Å². The van der Waals surface area contributed by atoms with Gasteiger partial charge >= 0.3 is 0 Å². The second-order valence-corrected chi connectivity index (χ2v) is 7.44. The van der Waals surface area contributed by atoms with Gasteiger partial charge in [0.05, 0.1) is 22.8 Å². The van der Waals surface area contributed by atoms with E-state index in [1.54, 1.807) is 25.5 Å². The molecule has 1 heterocycles. The predicted molar refractivity (Wildman–Crippen MR) is 95.0 cm³/mol. The summed E-state index contributed by atoms with van der Waals surface area (Å²) in [4.78, 5) is 0.0948. The van der Waals surface area contributed by atoms with Gasteiger partial charge in [-0.15, -0.1) is 0 Å². The minimum absolute atomic E-state index is 0.0948. The molecule has 5 nitrogen and oxygen atoms in total. The van der Waals surface area contributed by atoms with Crippen LogP contribution in [0.5, 0.6) is 0 Å². The van der Waals surface area contributed by atoms with Crippen molar-refractivity contribution in [3.63, 3.8) is 0 Å². The molecule has 0 saturated carbocycles. The fourth-order valence-electron chi connectivity index (χ4n) is 2.70. The molecule has 130 valence electrons. The number of benzene rings is 2. The van der Waals surface area contributed by atoms with Crippen LogP contribution in [-0.2, 0) is 10.0 Å². The molecule has 0 spiro atoms. The van der Waals surface area contributed by atoms with Crippen LogP contribution >= 0.6 is 0 Å². The molecule has 0 amide bonds. The highest BCUT2D eigenvalue weighted by Gasteiger charge is 2.25. The van der Waals surface area contributed by atoms with Crippen molar-refractivity contribution in [3.8, 4) is 5.69 Å². The lowest BCUT2D eigenvalue weighted by Gasteiger charge is -2.10. The first-order valence-corrected chi connectivity index (χ1v) is 9.18. The van der Waals surface area contributed by atoms with Crippen LogP contribution in [0.25, 0.3) is 5.69 Å². The first-order valence-electron chi connectivity index (χ1n) is 7.70. The summed E-state index contributed by atoms with van der Waals surface area (Å²) < 4.78 is 43.3. The van der Waals surface area contributed by atoms with Crippen molar-refractivity contribution in [1.82, 2.24) is 9.78 Å². The van der Waals surface area contributed by atoms with Crippen LogP contribution in [0.1, 0.15) is 17.0 Å². The van der Waals surface area contributed by atoms with Crippen molar-refractivity contribution in [3.05, 3.63) is 71.3 Å². The standard InChI is InChI=1S/C18H18FN3O2S/c1-12-9-10-15(11-17(12)19)21-25(23,24)18-13(2)20-22(14(18)3)16-7-5-4-6-8-16/h4-11,21H,1-3H3. The molecule has 2 aromatic carbocycles. The van der Waals surface area contributed by atoms with Gasteiger partial charge in [-0.05, 0) is 50.6 Å². The van der Waals surface area contributed by atoms with Crippen molar-refractivity contribution >= 4 is 15.7 Å². The summed E-state index contributed by atoms with van der Waals surface area (Å²) in [6.07, 6.45) is 0. The average Bonchev–Trinajstić information content (AvgIpc) is 2.87. The van der Waals surface area contributed by atoms with Gasteiger partial charge in [0.2, 0.25) is 0 Å². The molecule has 0 atom stereocenters. The van der Waals surface area contributed by atoms with E-state index in [9.17, 15) is 12.8 Å². The number of para-hydroxylation sites is 1. The van der Waals surface area contributed by atoms with Gasteiger partial charge in [0, 0.05) is 0 Å². The van der Waals surface area contributed by atoms with E-state index in [-0.39, 0.29) is 10.6 Å². The quantitative estimate of drug-likeness (QED) is 0.772. The highest BCUT2D eigenvalue weighted by molar-refractivity contribution is 7.92. The number of aryl methyl sites for hydroxylation is 2. The van der Waals surface area contributed by atoms with Crippen molar-refractivity contribution < 1.29 is 12.8 Å². The Hall–Kier alpha value is -2.67. The van der Waals surface area contributed by atoms with Crippen molar-refractivity contribution in [2.75, 3.05) is 4.72 Å². The predicted octanol–water partition coefficient (Wildman–Crippen LogP) is 3.74. The van der Waals surface area contributed by atoms with Crippen LogP contribution in [0.2, 0.25) is 0 Å². The Balaban J connectivity index is 2.03. The second-order valence-electron chi connectivity index (χ2n) is 5.82. The summed E-state index contributed by atoms with van der Waals surface area (Å²) in [6, 6.07) is 13.5. The second kappa shape index (κ2) is 6.33. The molecule has 0 aliphatic rings. The summed E-state index contributed by atoms with van der Waals surface area (Å²) in [7, 11) is -3.89. The molecule has 3 rings (SSSR count). The molecule has 7 heteroatoms. The molecule has 0 unspecified atom stereocenters. The third-order valence-corrected chi connectivity index (χ3v) is 5.55. The Bertz CT molecular complexity index is 1030. The number of hydrogen-bond donors (Lipinski definition) is 1. The van der Waals surface area contributed by atoms with Crippen LogP contribution < -0.4 is 4.72 Å². The lowest BCUT2D eigenvalue weighted by molar-refractivity contribution is 0.599. The Morgan fingerprint density at radius 3 is 2.36 bits per heavy atom. The van der Waals surface area contributed by atoms with Crippen LogP contribution in [0, 0.1) is 26.6 Å². The zero-order chi connectivity index (χ0) is 18.2. The van der Waals surface area contributed by atoms with E-state index in [2.05, 4.69) is 9.82 Å². The van der Waals surface area contributed by atoms with Gasteiger partial charge in [0.25, 0.3) is 10.0 Å². The number of aromatic nitrogens is 2. The highest BCUT2D eigenvalue weighted by atomic mass is 32.2. The van der Waals surface area contributed by atoms with Gasteiger partial charge in [0.1, 0.15) is 10.7 Å². The zero-order valence-corrected chi connectivity index (χ0v) is 14.9. The smallest absolute Gasteiger partial charge is 0.265 e. The number of hydrogen-bond acceptors (Lipinski definition) is 3. The first kappa shape index (κ1) is 17.2. The molecule has 0 aliphatic heterocycles. The lowest BCUT2D eigenvalue weighted by Crippen LogP contribution is -2.15. The van der Waals surface area contributed by atoms with Crippen LogP contribution in [0.15, 0.2) is 53.4 Å². The van der Waals surface area contributed by atoms with Gasteiger partial charge in [0.15, 0.2) is 0 Å². The third-order valence-electron chi connectivity index (χ3n) is 3.92. The average molecular weight is 359 g/mol. The normalized spacial score (nSPS) is 11.5.